The van der Waals surface area contributed by atoms with E-state index in [0.717, 1.165) is 43.4 Å². The molecule has 5 heteroatoms. The minimum Gasteiger partial charge on any atom is -0.504 e. The van der Waals surface area contributed by atoms with E-state index in [1.807, 2.05) is 0 Å². The molecule has 1 rings (SSSR count). The maximum Gasteiger partial charge on any atom is 0.157 e. The van der Waals surface area contributed by atoms with Gasteiger partial charge in [0.05, 0.1) is 33.0 Å². The number of hydrogen-bond acceptors (Lipinski definition) is 5. The fraction of sp³-hybridized carbons (Fsp3) is 0.739. The first-order valence-corrected chi connectivity index (χ1v) is 11.0. The molecular weight excluding hydrogens is 356 g/mol. The monoisotopic (exact) mass is 396 g/mol. The molecule has 1 aromatic rings. The van der Waals surface area contributed by atoms with Gasteiger partial charge in [-0.15, -0.1) is 0 Å². The molecule has 0 unspecified atom stereocenters. The number of hydrogen-bond donors (Lipinski definition) is 2. The Labute approximate surface area is 171 Å². The van der Waals surface area contributed by atoms with Crippen molar-refractivity contribution in [2.45, 2.75) is 78.2 Å². The summed E-state index contributed by atoms with van der Waals surface area (Å²) in [6.45, 7) is 7.78. The van der Waals surface area contributed by atoms with Gasteiger partial charge in [0, 0.05) is 6.61 Å². The highest BCUT2D eigenvalue weighted by atomic mass is 16.5. The van der Waals surface area contributed by atoms with Crippen LogP contribution in [-0.4, -0.2) is 43.2 Å². The van der Waals surface area contributed by atoms with Gasteiger partial charge in [-0.3, -0.25) is 0 Å². The van der Waals surface area contributed by atoms with E-state index < -0.39 is 0 Å². The van der Waals surface area contributed by atoms with Crippen LogP contribution in [0.2, 0.25) is 0 Å². The first-order valence-electron chi connectivity index (χ1n) is 11.0. The largest absolute Gasteiger partial charge is 0.504 e. The molecule has 0 aromatic heterocycles. The predicted octanol–water partition coefficient (Wildman–Crippen LogP) is 5.35. The normalized spacial score (nSPS) is 11.2. The predicted molar refractivity (Wildman–Crippen MR) is 113 cm³/mol. The Morgan fingerprint density at radius 3 is 1.82 bits per heavy atom. The third-order valence-electron chi connectivity index (χ3n) is 4.74. The van der Waals surface area contributed by atoms with Crippen LogP contribution in [0, 0.1) is 0 Å². The van der Waals surface area contributed by atoms with E-state index >= 15 is 0 Å². The molecule has 0 fully saturated rings. The second-order valence-corrected chi connectivity index (χ2v) is 7.26. The summed E-state index contributed by atoms with van der Waals surface area (Å²) in [5.74, 6) is -0.151. The highest BCUT2D eigenvalue weighted by Gasteiger charge is 2.09. The lowest BCUT2D eigenvalue weighted by Crippen LogP contribution is -2.10. The van der Waals surface area contributed by atoms with E-state index in [9.17, 15) is 10.2 Å². The van der Waals surface area contributed by atoms with E-state index in [0.29, 0.717) is 33.0 Å². The van der Waals surface area contributed by atoms with Gasteiger partial charge >= 0.3 is 0 Å². The molecule has 0 saturated heterocycles. The summed E-state index contributed by atoms with van der Waals surface area (Å²) in [5, 5.41) is 19.6. The number of phenolic OH excluding ortho intramolecular Hbond substituents is 2. The molecule has 0 saturated carbocycles. The first kappa shape index (κ1) is 24.7. The van der Waals surface area contributed by atoms with E-state index in [-0.39, 0.29) is 11.5 Å². The summed E-state index contributed by atoms with van der Waals surface area (Å²) in [4.78, 5) is 0. The van der Waals surface area contributed by atoms with Crippen LogP contribution in [0.5, 0.6) is 11.5 Å². The summed E-state index contributed by atoms with van der Waals surface area (Å²) in [7, 11) is 0. The van der Waals surface area contributed by atoms with E-state index in [1.165, 1.54) is 32.1 Å². The zero-order valence-electron chi connectivity index (χ0n) is 17.9. The van der Waals surface area contributed by atoms with E-state index in [4.69, 9.17) is 14.2 Å². The van der Waals surface area contributed by atoms with Crippen molar-refractivity contribution in [2.75, 3.05) is 33.0 Å². The smallest absolute Gasteiger partial charge is 0.157 e. The second-order valence-electron chi connectivity index (χ2n) is 7.26. The molecule has 1 aromatic carbocycles. The van der Waals surface area contributed by atoms with Gasteiger partial charge in [-0.1, -0.05) is 52.4 Å². The minimum absolute atomic E-state index is 0.0591. The molecule has 0 radical (unpaired) electrons. The summed E-state index contributed by atoms with van der Waals surface area (Å²) >= 11 is 0. The van der Waals surface area contributed by atoms with E-state index in [2.05, 4.69) is 13.8 Å². The van der Waals surface area contributed by atoms with Gasteiger partial charge < -0.3 is 24.4 Å². The number of phenols is 2. The van der Waals surface area contributed by atoms with Gasteiger partial charge in [0.15, 0.2) is 11.5 Å². The topological polar surface area (TPSA) is 68.2 Å². The van der Waals surface area contributed by atoms with Crippen molar-refractivity contribution in [3.05, 3.63) is 23.3 Å². The van der Waals surface area contributed by atoms with Crippen molar-refractivity contribution in [3.8, 4) is 11.5 Å². The van der Waals surface area contributed by atoms with Crippen LogP contribution in [0.3, 0.4) is 0 Å². The maximum absolute atomic E-state index is 9.82. The second kappa shape index (κ2) is 16.6. The molecule has 0 spiro atoms. The van der Waals surface area contributed by atoms with Crippen LogP contribution in [-0.2, 0) is 27.2 Å². The van der Waals surface area contributed by atoms with Crippen LogP contribution in [0.25, 0.3) is 0 Å². The highest BCUT2D eigenvalue weighted by molar-refractivity contribution is 5.45. The zero-order chi connectivity index (χ0) is 20.5. The van der Waals surface area contributed by atoms with Gasteiger partial charge in [-0.2, -0.15) is 0 Å². The molecular formula is C23H40O5. The Kier molecular flexibility index (Phi) is 14.7. The number of rotatable bonds is 18. The van der Waals surface area contributed by atoms with Crippen LogP contribution in [0.15, 0.2) is 12.1 Å². The lowest BCUT2D eigenvalue weighted by molar-refractivity contribution is 0.0101. The fourth-order valence-electron chi connectivity index (χ4n) is 2.99. The average molecular weight is 397 g/mol. The molecule has 162 valence electrons. The highest BCUT2D eigenvalue weighted by Crippen LogP contribution is 2.30. The molecule has 5 nitrogen and oxygen atoms in total. The Morgan fingerprint density at radius 1 is 0.607 bits per heavy atom. The molecule has 2 N–H and O–H groups in total. The molecule has 0 aliphatic heterocycles. The number of ether oxygens (including phenoxy) is 3. The Morgan fingerprint density at radius 2 is 1.14 bits per heavy atom. The molecule has 0 heterocycles. The number of benzene rings is 1. The van der Waals surface area contributed by atoms with Gasteiger partial charge in [-0.25, -0.2) is 0 Å². The molecule has 0 amide bonds. The van der Waals surface area contributed by atoms with Crippen LogP contribution < -0.4 is 0 Å². The molecule has 0 aliphatic rings. The quantitative estimate of drug-likeness (QED) is 0.259. The van der Waals surface area contributed by atoms with Gasteiger partial charge in [0.25, 0.3) is 0 Å². The Bertz CT molecular complexity index is 504. The van der Waals surface area contributed by atoms with Gasteiger partial charge in [0.2, 0.25) is 0 Å². The summed E-state index contributed by atoms with van der Waals surface area (Å²) in [6, 6.07) is 3.29. The van der Waals surface area contributed by atoms with Crippen LogP contribution >= 0.6 is 0 Å². The van der Waals surface area contributed by atoms with Crippen LogP contribution in [0.1, 0.15) is 76.3 Å². The molecule has 28 heavy (non-hydrogen) atoms. The van der Waals surface area contributed by atoms with Crippen molar-refractivity contribution < 1.29 is 24.4 Å². The average Bonchev–Trinajstić information content (AvgIpc) is 2.69. The third-order valence-corrected chi connectivity index (χ3v) is 4.74. The van der Waals surface area contributed by atoms with Crippen molar-refractivity contribution in [3.63, 3.8) is 0 Å². The van der Waals surface area contributed by atoms with Crippen molar-refractivity contribution in [2.24, 2.45) is 0 Å². The number of unbranched alkanes of at least 4 members (excludes halogenated alkanes) is 6. The summed E-state index contributed by atoms with van der Waals surface area (Å²) in [5.41, 5.74) is 1.99. The van der Waals surface area contributed by atoms with Crippen molar-refractivity contribution in [1.29, 1.82) is 0 Å². The fourth-order valence-corrected chi connectivity index (χ4v) is 2.99. The van der Waals surface area contributed by atoms with Gasteiger partial charge in [-0.05, 0) is 42.5 Å². The lowest BCUT2D eigenvalue weighted by atomic mass is 10.00. The SMILES string of the molecule is CCCCCCCCc1cc(O)c(O)cc1COCCOCCOCCCC. The van der Waals surface area contributed by atoms with Crippen LogP contribution in [0.4, 0.5) is 0 Å². The molecule has 0 bridgehead atoms. The third kappa shape index (κ3) is 11.5. The zero-order valence-corrected chi connectivity index (χ0v) is 17.9. The maximum atomic E-state index is 9.82. The van der Waals surface area contributed by atoms with Crippen molar-refractivity contribution >= 4 is 0 Å². The summed E-state index contributed by atoms with van der Waals surface area (Å²) < 4.78 is 16.6. The lowest BCUT2D eigenvalue weighted by Gasteiger charge is -2.12. The Hall–Kier alpha value is -1.30. The standard InChI is InChI=1S/C23H40O5/c1-3-5-7-8-9-10-11-20-17-22(24)23(25)18-21(20)19-28-16-15-27-14-13-26-12-6-4-2/h17-18,24-25H,3-16,19H2,1-2H3. The minimum atomic E-state index is -0.0919. The molecule has 0 aliphatic carbocycles. The number of aromatic hydroxyl groups is 2. The first-order chi connectivity index (χ1) is 13.7. The Balaban J connectivity index is 2.26. The van der Waals surface area contributed by atoms with Crippen molar-refractivity contribution in [1.82, 2.24) is 0 Å². The number of aryl methyl sites for hydroxylation is 1. The van der Waals surface area contributed by atoms with Gasteiger partial charge in [0.1, 0.15) is 0 Å². The van der Waals surface area contributed by atoms with E-state index in [1.54, 1.807) is 12.1 Å². The summed E-state index contributed by atoms with van der Waals surface area (Å²) in [6.07, 6.45) is 10.5. The molecule has 0 atom stereocenters.